The third-order valence-electron chi connectivity index (χ3n) is 5.34. The number of aliphatic hydroxyl groups excluding tert-OH is 2. The zero-order valence-corrected chi connectivity index (χ0v) is 17.5. The van der Waals surface area contributed by atoms with Crippen molar-refractivity contribution in [1.29, 1.82) is 0 Å². The van der Waals surface area contributed by atoms with Crippen LogP contribution in [-0.2, 0) is 19.3 Å². The summed E-state index contributed by atoms with van der Waals surface area (Å²) in [5.74, 6) is -0.619. The number of hydrogen-bond acceptors (Lipinski definition) is 6. The number of aliphatic hydroxyl groups is 2. The second-order valence-corrected chi connectivity index (χ2v) is 9.57. The second-order valence-electron chi connectivity index (χ2n) is 7.33. The summed E-state index contributed by atoms with van der Waals surface area (Å²) in [5.41, 5.74) is 0. The highest BCUT2D eigenvalue weighted by molar-refractivity contribution is 7.93. The molecule has 7 heteroatoms. The number of sulfone groups is 1. The fourth-order valence-corrected chi connectivity index (χ4v) is 6.28. The SMILES string of the molecule is CCC/C=C/C1(S(=O)(=O)c2ccccc2)C[C@H](O)C[C@H]1[C@@H](O)CCOCOC. The number of benzene rings is 1. The predicted octanol–water partition coefficient (Wildman–Crippen LogP) is 2.70. The van der Waals surface area contributed by atoms with Gasteiger partial charge in [-0.3, -0.25) is 0 Å². The molecular weight excluding hydrogens is 380 g/mol. The zero-order valence-electron chi connectivity index (χ0n) is 16.7. The molecule has 6 nitrogen and oxygen atoms in total. The van der Waals surface area contributed by atoms with E-state index in [1.165, 1.54) is 7.11 Å². The second kappa shape index (κ2) is 10.5. The van der Waals surface area contributed by atoms with E-state index in [1.807, 2.05) is 13.0 Å². The topological polar surface area (TPSA) is 93.1 Å². The van der Waals surface area contributed by atoms with Gasteiger partial charge in [-0.1, -0.05) is 43.7 Å². The first kappa shape index (κ1) is 23.0. The Morgan fingerprint density at radius 1 is 1.32 bits per heavy atom. The van der Waals surface area contributed by atoms with Crippen LogP contribution in [0.25, 0.3) is 0 Å². The largest absolute Gasteiger partial charge is 0.393 e. The number of allylic oxidation sites excluding steroid dienone is 1. The van der Waals surface area contributed by atoms with E-state index >= 15 is 0 Å². The number of methoxy groups -OCH3 is 1. The summed E-state index contributed by atoms with van der Waals surface area (Å²) < 4.78 is 36.1. The van der Waals surface area contributed by atoms with E-state index in [0.717, 1.165) is 12.8 Å². The third kappa shape index (κ3) is 5.02. The summed E-state index contributed by atoms with van der Waals surface area (Å²) in [7, 11) is -2.30. The third-order valence-corrected chi connectivity index (χ3v) is 7.84. The molecule has 28 heavy (non-hydrogen) atoms. The smallest absolute Gasteiger partial charge is 0.188 e. The molecule has 1 aromatic rings. The highest BCUT2D eigenvalue weighted by Crippen LogP contribution is 2.48. The molecule has 4 atom stereocenters. The van der Waals surface area contributed by atoms with Crippen LogP contribution in [0.2, 0.25) is 0 Å². The van der Waals surface area contributed by atoms with Crippen LogP contribution in [0, 0.1) is 5.92 Å². The maximum absolute atomic E-state index is 13.7. The Balaban J connectivity index is 2.41. The van der Waals surface area contributed by atoms with Crippen LogP contribution in [0.5, 0.6) is 0 Å². The van der Waals surface area contributed by atoms with E-state index in [4.69, 9.17) is 9.47 Å². The number of rotatable bonds is 11. The molecule has 2 rings (SSSR count). The first-order valence-corrected chi connectivity index (χ1v) is 11.3. The standard InChI is InChI=1S/C21H32O6S/c1-3-4-8-12-21(28(24,25)18-9-6-5-7-10-18)15-17(22)14-19(21)20(23)11-13-27-16-26-2/h5-10,12,17,19-20,22-23H,3-4,11,13-16H2,1-2H3/b12-8+/t17-,19+,20+,21?/m1/s1. The van der Waals surface area contributed by atoms with Gasteiger partial charge in [-0.05, 0) is 37.8 Å². The van der Waals surface area contributed by atoms with Crippen molar-refractivity contribution in [2.45, 2.75) is 60.9 Å². The molecule has 2 N–H and O–H groups in total. The van der Waals surface area contributed by atoms with E-state index in [9.17, 15) is 18.6 Å². The van der Waals surface area contributed by atoms with Crippen molar-refractivity contribution in [3.63, 3.8) is 0 Å². The lowest BCUT2D eigenvalue weighted by Gasteiger charge is -2.35. The molecule has 1 saturated carbocycles. The van der Waals surface area contributed by atoms with Gasteiger partial charge < -0.3 is 19.7 Å². The molecule has 1 unspecified atom stereocenters. The van der Waals surface area contributed by atoms with Crippen LogP contribution in [0.15, 0.2) is 47.4 Å². The quantitative estimate of drug-likeness (QED) is 0.330. The van der Waals surface area contributed by atoms with Gasteiger partial charge in [-0.15, -0.1) is 0 Å². The molecule has 0 amide bonds. The number of hydrogen-bond donors (Lipinski definition) is 2. The van der Waals surface area contributed by atoms with Crippen LogP contribution in [-0.4, -0.2) is 56.1 Å². The summed E-state index contributed by atoms with van der Waals surface area (Å²) in [5, 5.41) is 21.2. The molecule has 1 fully saturated rings. The molecule has 0 aromatic heterocycles. The monoisotopic (exact) mass is 412 g/mol. The Bertz CT molecular complexity index is 718. The van der Waals surface area contributed by atoms with E-state index in [1.54, 1.807) is 36.4 Å². The van der Waals surface area contributed by atoms with Gasteiger partial charge in [0.05, 0.1) is 23.7 Å². The fourth-order valence-electron chi connectivity index (χ4n) is 3.98. The van der Waals surface area contributed by atoms with E-state index in [0.29, 0.717) is 0 Å². The minimum atomic E-state index is -3.82. The molecule has 0 spiro atoms. The van der Waals surface area contributed by atoms with Crippen LogP contribution >= 0.6 is 0 Å². The van der Waals surface area contributed by atoms with Crippen molar-refractivity contribution >= 4 is 9.84 Å². The van der Waals surface area contributed by atoms with Gasteiger partial charge >= 0.3 is 0 Å². The molecular formula is C21H32O6S. The van der Waals surface area contributed by atoms with Crippen LogP contribution < -0.4 is 0 Å². The lowest BCUT2D eigenvalue weighted by Crippen LogP contribution is -2.45. The molecule has 0 heterocycles. The van der Waals surface area contributed by atoms with Crippen molar-refractivity contribution < 1.29 is 28.1 Å². The predicted molar refractivity (Wildman–Crippen MR) is 108 cm³/mol. The summed E-state index contributed by atoms with van der Waals surface area (Å²) in [6.45, 7) is 2.39. The minimum Gasteiger partial charge on any atom is -0.393 e. The molecule has 1 aliphatic rings. The zero-order chi connectivity index (χ0) is 20.6. The Hall–Kier alpha value is -1.25. The molecule has 0 bridgehead atoms. The maximum atomic E-state index is 13.7. The van der Waals surface area contributed by atoms with Crippen LogP contribution in [0.3, 0.4) is 0 Å². The summed E-state index contributed by atoms with van der Waals surface area (Å²) >= 11 is 0. The molecule has 158 valence electrons. The van der Waals surface area contributed by atoms with Gasteiger partial charge in [0.25, 0.3) is 0 Å². The maximum Gasteiger partial charge on any atom is 0.188 e. The minimum absolute atomic E-state index is 0.0745. The van der Waals surface area contributed by atoms with Gasteiger partial charge in [-0.25, -0.2) is 8.42 Å². The Morgan fingerprint density at radius 3 is 2.68 bits per heavy atom. The molecule has 1 aromatic carbocycles. The fraction of sp³-hybridized carbons (Fsp3) is 0.619. The Kier molecular flexibility index (Phi) is 8.64. The highest BCUT2D eigenvalue weighted by atomic mass is 32.2. The average Bonchev–Trinajstić information content (AvgIpc) is 3.04. The van der Waals surface area contributed by atoms with Gasteiger partial charge in [0, 0.05) is 13.0 Å². The van der Waals surface area contributed by atoms with Gasteiger partial charge in [-0.2, -0.15) is 0 Å². The highest BCUT2D eigenvalue weighted by Gasteiger charge is 2.56. The van der Waals surface area contributed by atoms with Crippen molar-refractivity contribution in [3.05, 3.63) is 42.5 Å². The van der Waals surface area contributed by atoms with Crippen LogP contribution in [0.1, 0.15) is 39.0 Å². The summed E-state index contributed by atoms with van der Waals surface area (Å²) in [6.07, 6.45) is 4.06. The normalized spacial score (nSPS) is 26.7. The van der Waals surface area contributed by atoms with Gasteiger partial charge in [0.1, 0.15) is 11.5 Å². The summed E-state index contributed by atoms with van der Waals surface area (Å²) in [4.78, 5) is 0.207. The van der Waals surface area contributed by atoms with Gasteiger partial charge in [0.15, 0.2) is 9.84 Å². The molecule has 0 aliphatic heterocycles. The van der Waals surface area contributed by atoms with Crippen molar-refractivity contribution in [2.75, 3.05) is 20.5 Å². The molecule has 1 aliphatic carbocycles. The van der Waals surface area contributed by atoms with E-state index in [2.05, 4.69) is 0 Å². The first-order valence-electron chi connectivity index (χ1n) is 9.79. The van der Waals surface area contributed by atoms with Gasteiger partial charge in [0.2, 0.25) is 0 Å². The first-order chi connectivity index (χ1) is 13.4. The lowest BCUT2D eigenvalue weighted by molar-refractivity contribution is -0.0451. The van der Waals surface area contributed by atoms with E-state index in [-0.39, 0.29) is 37.6 Å². The Morgan fingerprint density at radius 2 is 2.04 bits per heavy atom. The van der Waals surface area contributed by atoms with Crippen LogP contribution in [0.4, 0.5) is 0 Å². The number of ether oxygens (including phenoxy) is 2. The van der Waals surface area contributed by atoms with E-state index < -0.39 is 32.7 Å². The Labute approximate surface area is 168 Å². The van der Waals surface area contributed by atoms with Crippen molar-refractivity contribution in [3.8, 4) is 0 Å². The molecule has 0 radical (unpaired) electrons. The van der Waals surface area contributed by atoms with Crippen molar-refractivity contribution in [1.82, 2.24) is 0 Å². The van der Waals surface area contributed by atoms with Crippen molar-refractivity contribution in [2.24, 2.45) is 5.92 Å². The molecule has 0 saturated heterocycles. The number of unbranched alkanes of at least 4 members (excludes halogenated alkanes) is 1. The summed E-state index contributed by atoms with van der Waals surface area (Å²) in [6, 6.07) is 8.28. The average molecular weight is 413 g/mol. The lowest BCUT2D eigenvalue weighted by atomic mass is 9.87.